The van der Waals surface area contributed by atoms with Crippen LogP contribution in [0.4, 0.5) is 30.5 Å². The number of anilines is 4. The van der Waals surface area contributed by atoms with Crippen LogP contribution in [0.2, 0.25) is 10.6 Å². The Morgan fingerprint density at radius 1 is 1.13 bits per heavy atom. The van der Waals surface area contributed by atoms with Crippen molar-refractivity contribution in [2.45, 2.75) is 70.8 Å². The predicted molar refractivity (Wildman–Crippen MR) is 146 cm³/mol. The van der Waals surface area contributed by atoms with E-state index in [1.807, 2.05) is 6.07 Å². The van der Waals surface area contributed by atoms with Gasteiger partial charge in [-0.2, -0.15) is 18.7 Å². The van der Waals surface area contributed by atoms with E-state index in [4.69, 9.17) is 28.2 Å². The molecular weight excluding hydrogens is 579 g/mol. The van der Waals surface area contributed by atoms with Gasteiger partial charge >= 0.3 is 5.97 Å². The Morgan fingerprint density at radius 3 is 2.18 bits per heavy atom. The number of nitrogens with zero attached hydrogens (tertiary/aromatic N) is 7. The standard InChI is InChI=1S/C23H27Cl2F2N7O2S2/c1-12(2)11-33(15-4-6-23(26,27)7-5-15)18-16(9-14(10-28-18)13(3)8-17(35)36)34(21-29-19(24)31-37-21)22-30-20(25)32-38-22/h9-10,12-13,15H,4-8,11H2,1-3H3,(H,35,36). The Morgan fingerprint density at radius 2 is 1.71 bits per heavy atom. The van der Waals surface area contributed by atoms with Crippen LogP contribution in [0, 0.1) is 5.92 Å². The van der Waals surface area contributed by atoms with E-state index in [0.29, 0.717) is 46.7 Å². The number of rotatable bonds is 10. The van der Waals surface area contributed by atoms with Gasteiger partial charge in [0.05, 0.1) is 12.1 Å². The minimum atomic E-state index is -2.68. The summed E-state index contributed by atoms with van der Waals surface area (Å²) in [4.78, 5) is 28.7. The van der Waals surface area contributed by atoms with Gasteiger partial charge in [0.15, 0.2) is 5.82 Å². The van der Waals surface area contributed by atoms with E-state index >= 15 is 0 Å². The second-order valence-corrected chi connectivity index (χ2v) is 11.9. The van der Waals surface area contributed by atoms with E-state index in [0.717, 1.165) is 23.1 Å². The fourth-order valence-corrected chi connectivity index (χ4v) is 6.21. The molecule has 15 heteroatoms. The number of carbonyl (C=O) groups is 1. The lowest BCUT2D eigenvalue weighted by Crippen LogP contribution is -2.43. The number of pyridine rings is 1. The third-order valence-corrected chi connectivity index (χ3v) is 8.23. The molecular formula is C23H27Cl2F2N7O2S2. The second-order valence-electron chi connectivity index (χ2n) is 9.77. The number of aromatic nitrogens is 5. The number of aliphatic carboxylic acids is 1. The normalized spacial score (nSPS) is 16.5. The van der Waals surface area contributed by atoms with Crippen LogP contribution in [0.5, 0.6) is 0 Å². The van der Waals surface area contributed by atoms with E-state index in [9.17, 15) is 18.7 Å². The highest BCUT2D eigenvalue weighted by Gasteiger charge is 2.39. The van der Waals surface area contributed by atoms with Crippen molar-refractivity contribution in [1.29, 1.82) is 0 Å². The molecule has 3 aromatic rings. The molecule has 0 bridgehead atoms. The highest BCUT2D eigenvalue weighted by molar-refractivity contribution is 7.12. The summed E-state index contributed by atoms with van der Waals surface area (Å²) in [5, 5.41) is 10.2. The van der Waals surface area contributed by atoms with Gasteiger partial charge in [-0.15, -0.1) is 0 Å². The minimum Gasteiger partial charge on any atom is -0.481 e. The lowest BCUT2D eigenvalue weighted by atomic mass is 9.90. The largest absolute Gasteiger partial charge is 0.481 e. The first-order valence-corrected chi connectivity index (χ1v) is 14.4. The molecule has 1 N–H and O–H groups in total. The van der Waals surface area contributed by atoms with Crippen molar-refractivity contribution in [3.05, 3.63) is 28.4 Å². The van der Waals surface area contributed by atoms with Gasteiger partial charge in [-0.05, 0) is 59.5 Å². The second kappa shape index (κ2) is 11.9. The van der Waals surface area contributed by atoms with E-state index in [2.05, 4.69) is 37.5 Å². The summed E-state index contributed by atoms with van der Waals surface area (Å²) in [7, 11) is 0. The molecule has 4 rings (SSSR count). The summed E-state index contributed by atoms with van der Waals surface area (Å²) < 4.78 is 36.3. The third kappa shape index (κ3) is 6.85. The number of carboxylic acid groups (broad SMARTS) is 1. The smallest absolute Gasteiger partial charge is 0.303 e. The fraction of sp³-hybridized carbons (Fsp3) is 0.565. The van der Waals surface area contributed by atoms with Crippen LogP contribution in [-0.2, 0) is 4.79 Å². The van der Waals surface area contributed by atoms with E-state index in [1.54, 1.807) is 18.0 Å². The van der Waals surface area contributed by atoms with Crippen molar-refractivity contribution in [2.24, 2.45) is 5.92 Å². The molecule has 3 heterocycles. The topological polar surface area (TPSA) is 108 Å². The van der Waals surface area contributed by atoms with Crippen molar-refractivity contribution in [1.82, 2.24) is 23.7 Å². The first-order valence-electron chi connectivity index (χ1n) is 12.1. The van der Waals surface area contributed by atoms with Crippen LogP contribution >= 0.6 is 46.3 Å². The predicted octanol–water partition coefficient (Wildman–Crippen LogP) is 7.18. The van der Waals surface area contributed by atoms with Crippen LogP contribution in [0.1, 0.15) is 64.4 Å². The van der Waals surface area contributed by atoms with Crippen molar-refractivity contribution in [2.75, 3.05) is 16.3 Å². The Kier molecular flexibility index (Phi) is 9.00. The summed E-state index contributed by atoms with van der Waals surface area (Å²) in [6, 6.07) is 1.68. The molecule has 3 aromatic heterocycles. The summed E-state index contributed by atoms with van der Waals surface area (Å²) in [6.45, 7) is 6.49. The minimum absolute atomic E-state index is 0.0454. The van der Waals surface area contributed by atoms with Crippen LogP contribution in [-0.4, -0.2) is 53.3 Å². The fourth-order valence-electron chi connectivity index (χ4n) is 4.50. The molecule has 1 fully saturated rings. The maximum absolute atomic E-state index is 14.1. The highest BCUT2D eigenvalue weighted by Crippen LogP contribution is 2.45. The van der Waals surface area contributed by atoms with Gasteiger partial charge < -0.3 is 10.0 Å². The zero-order valence-corrected chi connectivity index (χ0v) is 24.1. The van der Waals surface area contributed by atoms with Crippen LogP contribution in [0.3, 0.4) is 0 Å². The molecule has 9 nitrogen and oxygen atoms in total. The molecule has 0 radical (unpaired) electrons. The molecule has 1 atom stereocenters. The summed E-state index contributed by atoms with van der Waals surface area (Å²) in [5.74, 6) is -3.21. The van der Waals surface area contributed by atoms with E-state index in [1.165, 1.54) is 0 Å². The molecule has 0 aliphatic heterocycles. The number of hydrogen-bond donors (Lipinski definition) is 1. The SMILES string of the molecule is CC(C)CN(c1ncc(C(C)CC(=O)O)cc1N(c1nc(Cl)ns1)c1nc(Cl)ns1)C1CCC(F)(F)CC1. The molecule has 0 aromatic carbocycles. The molecule has 38 heavy (non-hydrogen) atoms. The molecule has 1 aliphatic rings. The molecule has 1 aliphatic carbocycles. The van der Waals surface area contributed by atoms with Gasteiger partial charge in [-0.1, -0.05) is 20.8 Å². The average molecular weight is 607 g/mol. The highest BCUT2D eigenvalue weighted by atomic mass is 35.5. The van der Waals surface area contributed by atoms with Crippen LogP contribution in [0.25, 0.3) is 0 Å². The number of carboxylic acids is 1. The van der Waals surface area contributed by atoms with Crippen LogP contribution < -0.4 is 9.80 Å². The molecule has 1 saturated carbocycles. The molecule has 0 saturated heterocycles. The molecule has 0 amide bonds. The quantitative estimate of drug-likeness (QED) is 0.257. The van der Waals surface area contributed by atoms with Gasteiger partial charge in [0.1, 0.15) is 0 Å². The molecule has 0 spiro atoms. The van der Waals surface area contributed by atoms with Crippen molar-refractivity contribution >= 4 is 74.0 Å². The summed E-state index contributed by atoms with van der Waals surface area (Å²) in [6.07, 6.45) is 1.79. The zero-order chi connectivity index (χ0) is 27.6. The van der Waals surface area contributed by atoms with Gasteiger partial charge in [0.25, 0.3) is 0 Å². The Balaban J connectivity index is 1.89. The van der Waals surface area contributed by atoms with Gasteiger partial charge in [0.2, 0.25) is 26.8 Å². The van der Waals surface area contributed by atoms with E-state index < -0.39 is 11.9 Å². The monoisotopic (exact) mass is 605 g/mol. The zero-order valence-electron chi connectivity index (χ0n) is 20.9. The Labute approximate surface area is 237 Å². The van der Waals surface area contributed by atoms with E-state index in [-0.39, 0.29) is 47.7 Å². The number of hydrogen-bond acceptors (Lipinski definition) is 10. The van der Waals surface area contributed by atoms with Crippen LogP contribution in [0.15, 0.2) is 12.3 Å². The van der Waals surface area contributed by atoms with Gasteiger partial charge in [0, 0.05) is 54.7 Å². The number of alkyl halides is 2. The van der Waals surface area contributed by atoms with Crippen molar-refractivity contribution in [3.8, 4) is 0 Å². The lowest BCUT2D eigenvalue weighted by molar-refractivity contribution is -0.137. The third-order valence-electron chi connectivity index (χ3n) is 6.28. The van der Waals surface area contributed by atoms with Crippen molar-refractivity contribution in [3.63, 3.8) is 0 Å². The Bertz CT molecular complexity index is 1230. The summed E-state index contributed by atoms with van der Waals surface area (Å²) in [5.41, 5.74) is 1.22. The van der Waals surface area contributed by atoms with Gasteiger partial charge in [-0.3, -0.25) is 9.69 Å². The first-order chi connectivity index (χ1) is 17.9. The number of halogens is 4. The maximum atomic E-state index is 14.1. The first kappa shape index (κ1) is 28.8. The average Bonchev–Trinajstić information content (AvgIpc) is 3.45. The van der Waals surface area contributed by atoms with Gasteiger partial charge in [-0.25, -0.2) is 13.8 Å². The van der Waals surface area contributed by atoms with Crippen molar-refractivity contribution < 1.29 is 18.7 Å². The summed E-state index contributed by atoms with van der Waals surface area (Å²) >= 11 is 14.2. The Hall–Kier alpha value is -2.22. The maximum Gasteiger partial charge on any atom is 0.303 e. The lowest BCUT2D eigenvalue weighted by Gasteiger charge is -2.40. The molecule has 206 valence electrons. The molecule has 1 unspecified atom stereocenters.